The van der Waals surface area contributed by atoms with Gasteiger partial charge in [0.15, 0.2) is 0 Å². The second kappa shape index (κ2) is 4.70. The third-order valence-electron chi connectivity index (χ3n) is 2.84. The largest absolute Gasteiger partial charge is 0.508 e. The number of phenols is 2. The summed E-state index contributed by atoms with van der Waals surface area (Å²) >= 11 is 0. The molecule has 15 heavy (non-hydrogen) atoms. The first-order chi connectivity index (χ1) is 6.95. The van der Waals surface area contributed by atoms with E-state index in [-0.39, 0.29) is 11.5 Å². The van der Waals surface area contributed by atoms with Crippen LogP contribution in [0.4, 0.5) is 0 Å². The Morgan fingerprint density at radius 1 is 1.07 bits per heavy atom. The van der Waals surface area contributed by atoms with Crippen LogP contribution in [0.15, 0.2) is 18.2 Å². The van der Waals surface area contributed by atoms with Crippen molar-refractivity contribution in [3.05, 3.63) is 18.2 Å². The smallest absolute Gasteiger partial charge is 0.119 e. The maximum atomic E-state index is 9.44. The predicted octanol–water partition coefficient (Wildman–Crippen LogP) is 2.81. The van der Waals surface area contributed by atoms with Crippen LogP contribution in [0.3, 0.4) is 0 Å². The first kappa shape index (κ1) is 12.1. The summed E-state index contributed by atoms with van der Waals surface area (Å²) in [5, 5.41) is 20.0. The highest BCUT2D eigenvalue weighted by molar-refractivity contribution is 6.89. The number of hydrogen-bond donors (Lipinski definition) is 2. The number of unbranched alkanes of at least 4 members (excludes halogenated alkanes) is 1. The summed E-state index contributed by atoms with van der Waals surface area (Å²) in [5.41, 5.74) is 0. The van der Waals surface area contributed by atoms with Crippen LogP contribution >= 0.6 is 0 Å². The highest BCUT2D eigenvalue weighted by Crippen LogP contribution is 2.20. The van der Waals surface area contributed by atoms with Crippen LogP contribution in [0, 0.1) is 0 Å². The number of hydrogen-bond acceptors (Lipinski definition) is 2. The molecule has 0 aliphatic carbocycles. The zero-order valence-electron chi connectivity index (χ0n) is 9.75. The molecule has 0 aliphatic rings. The molecule has 1 rings (SSSR count). The maximum absolute atomic E-state index is 9.44. The first-order valence-corrected chi connectivity index (χ1v) is 8.70. The second-order valence-corrected chi connectivity index (χ2v) is 9.57. The summed E-state index contributed by atoms with van der Waals surface area (Å²) in [6.45, 7) is 6.73. The molecule has 1 aromatic carbocycles. The SMILES string of the molecule is CCCC[Si](C)(C)c1cc(O)cc(O)c1. The highest BCUT2D eigenvalue weighted by Gasteiger charge is 2.23. The summed E-state index contributed by atoms with van der Waals surface area (Å²) in [4.78, 5) is 0. The third-order valence-corrected chi connectivity index (χ3v) is 6.29. The molecule has 0 amide bonds. The molecule has 1 aromatic rings. The summed E-state index contributed by atoms with van der Waals surface area (Å²) in [7, 11) is -1.48. The second-order valence-electron chi connectivity index (χ2n) is 4.73. The van der Waals surface area contributed by atoms with Crippen LogP contribution < -0.4 is 5.19 Å². The fraction of sp³-hybridized carbons (Fsp3) is 0.500. The Morgan fingerprint density at radius 3 is 2.07 bits per heavy atom. The minimum atomic E-state index is -1.48. The van der Waals surface area contributed by atoms with Crippen molar-refractivity contribution in [3.63, 3.8) is 0 Å². The monoisotopic (exact) mass is 224 g/mol. The van der Waals surface area contributed by atoms with E-state index in [2.05, 4.69) is 20.0 Å². The van der Waals surface area contributed by atoms with E-state index in [0.717, 1.165) is 5.19 Å². The molecule has 0 aromatic heterocycles. The molecule has 2 N–H and O–H groups in total. The minimum absolute atomic E-state index is 0.169. The molecule has 0 saturated heterocycles. The van der Waals surface area contributed by atoms with Gasteiger partial charge in [0.05, 0.1) is 8.07 Å². The number of benzene rings is 1. The molecule has 0 heterocycles. The van der Waals surface area contributed by atoms with E-state index in [1.807, 2.05) is 0 Å². The van der Waals surface area contributed by atoms with Gasteiger partial charge in [-0.3, -0.25) is 0 Å². The predicted molar refractivity (Wildman–Crippen MR) is 66.6 cm³/mol. The van der Waals surface area contributed by atoms with E-state index in [9.17, 15) is 10.2 Å². The topological polar surface area (TPSA) is 40.5 Å². The van der Waals surface area contributed by atoms with Gasteiger partial charge in [-0.05, 0) is 12.1 Å². The van der Waals surface area contributed by atoms with Crippen molar-refractivity contribution in [3.8, 4) is 11.5 Å². The van der Waals surface area contributed by atoms with Crippen molar-refractivity contribution in [2.24, 2.45) is 0 Å². The van der Waals surface area contributed by atoms with E-state index in [1.165, 1.54) is 25.0 Å². The molecule has 0 unspecified atom stereocenters. The molecule has 0 fully saturated rings. The fourth-order valence-corrected chi connectivity index (χ4v) is 4.35. The lowest BCUT2D eigenvalue weighted by Crippen LogP contribution is -2.40. The van der Waals surface area contributed by atoms with Crippen molar-refractivity contribution in [1.29, 1.82) is 0 Å². The average Bonchev–Trinajstić information content (AvgIpc) is 2.13. The van der Waals surface area contributed by atoms with Crippen molar-refractivity contribution in [2.45, 2.75) is 38.9 Å². The number of rotatable bonds is 4. The molecule has 0 atom stereocenters. The zero-order valence-corrected chi connectivity index (χ0v) is 10.7. The number of phenolic OH excluding ortho intramolecular Hbond substituents is 2. The van der Waals surface area contributed by atoms with Gasteiger partial charge in [-0.15, -0.1) is 0 Å². The lowest BCUT2D eigenvalue weighted by molar-refractivity contribution is 0.451. The molecule has 0 saturated carbocycles. The van der Waals surface area contributed by atoms with Gasteiger partial charge in [0.2, 0.25) is 0 Å². The highest BCUT2D eigenvalue weighted by atomic mass is 28.3. The summed E-state index contributed by atoms with van der Waals surface area (Å²) in [6.07, 6.45) is 2.41. The molecular formula is C12H20O2Si. The Kier molecular flexibility index (Phi) is 3.80. The van der Waals surface area contributed by atoms with Gasteiger partial charge in [0.25, 0.3) is 0 Å². The minimum Gasteiger partial charge on any atom is -0.508 e. The van der Waals surface area contributed by atoms with Gasteiger partial charge in [-0.2, -0.15) is 0 Å². The van der Waals surface area contributed by atoms with Crippen molar-refractivity contribution >= 4 is 13.3 Å². The van der Waals surface area contributed by atoms with Gasteiger partial charge < -0.3 is 10.2 Å². The van der Waals surface area contributed by atoms with Crippen LogP contribution in [0.1, 0.15) is 19.8 Å². The van der Waals surface area contributed by atoms with Crippen LogP contribution in [-0.4, -0.2) is 18.3 Å². The molecule has 2 nitrogen and oxygen atoms in total. The van der Waals surface area contributed by atoms with Gasteiger partial charge in [0, 0.05) is 6.07 Å². The quantitative estimate of drug-likeness (QED) is 0.772. The standard InChI is InChI=1S/C12H20O2Si/c1-4-5-6-15(2,3)12-8-10(13)7-11(14)9-12/h7-9,13-14H,4-6H2,1-3H3. The Morgan fingerprint density at radius 2 is 1.60 bits per heavy atom. The average molecular weight is 224 g/mol. The number of aromatic hydroxyl groups is 2. The van der Waals surface area contributed by atoms with Gasteiger partial charge in [-0.1, -0.05) is 44.1 Å². The molecule has 84 valence electrons. The third kappa shape index (κ3) is 3.27. The maximum Gasteiger partial charge on any atom is 0.119 e. The summed E-state index contributed by atoms with van der Waals surface area (Å²) < 4.78 is 0. The van der Waals surface area contributed by atoms with Crippen molar-refractivity contribution < 1.29 is 10.2 Å². The molecule has 3 heteroatoms. The van der Waals surface area contributed by atoms with Crippen molar-refractivity contribution in [2.75, 3.05) is 0 Å². The van der Waals surface area contributed by atoms with Crippen LogP contribution in [0.25, 0.3) is 0 Å². The normalized spacial score (nSPS) is 11.7. The van der Waals surface area contributed by atoms with Gasteiger partial charge in [-0.25, -0.2) is 0 Å². The lowest BCUT2D eigenvalue weighted by Gasteiger charge is -2.23. The van der Waals surface area contributed by atoms with E-state index >= 15 is 0 Å². The van der Waals surface area contributed by atoms with E-state index in [0.29, 0.717) is 0 Å². The Hall–Kier alpha value is -0.963. The van der Waals surface area contributed by atoms with E-state index < -0.39 is 8.07 Å². The van der Waals surface area contributed by atoms with E-state index in [4.69, 9.17) is 0 Å². The molecule has 0 spiro atoms. The van der Waals surface area contributed by atoms with E-state index in [1.54, 1.807) is 12.1 Å². The molecule has 0 bridgehead atoms. The molecule has 0 aliphatic heterocycles. The first-order valence-electron chi connectivity index (χ1n) is 5.49. The summed E-state index contributed by atoms with van der Waals surface area (Å²) in [5.74, 6) is 0.337. The van der Waals surface area contributed by atoms with Crippen molar-refractivity contribution in [1.82, 2.24) is 0 Å². The summed E-state index contributed by atoms with van der Waals surface area (Å²) in [6, 6.07) is 6.17. The van der Waals surface area contributed by atoms with Crippen LogP contribution in [-0.2, 0) is 0 Å². The Balaban J connectivity index is 2.93. The Bertz CT molecular complexity index is 314. The lowest BCUT2D eigenvalue weighted by atomic mass is 10.3. The zero-order chi connectivity index (χ0) is 11.5. The Labute approximate surface area is 92.6 Å². The van der Waals surface area contributed by atoms with Gasteiger partial charge >= 0.3 is 0 Å². The van der Waals surface area contributed by atoms with Crippen LogP contribution in [0.2, 0.25) is 19.1 Å². The van der Waals surface area contributed by atoms with Crippen LogP contribution in [0.5, 0.6) is 11.5 Å². The van der Waals surface area contributed by atoms with Gasteiger partial charge in [0.1, 0.15) is 11.5 Å². The molecule has 0 radical (unpaired) electrons. The fourth-order valence-electron chi connectivity index (χ4n) is 1.75. The molecular weight excluding hydrogens is 204 g/mol.